The van der Waals surface area contributed by atoms with Crippen molar-refractivity contribution in [2.24, 2.45) is 0 Å². The monoisotopic (exact) mass is 419 g/mol. The van der Waals surface area contributed by atoms with Gasteiger partial charge in [0.15, 0.2) is 0 Å². The molecule has 0 fully saturated rings. The molecule has 2 amide bonds. The van der Waals surface area contributed by atoms with Crippen molar-refractivity contribution >= 4 is 28.8 Å². The first-order valence-electron chi connectivity index (χ1n) is 10.1. The van der Waals surface area contributed by atoms with Crippen molar-refractivity contribution in [3.63, 3.8) is 0 Å². The highest BCUT2D eigenvalue weighted by atomic mass is 16.5. The van der Waals surface area contributed by atoms with Gasteiger partial charge in [0, 0.05) is 30.5 Å². The van der Waals surface area contributed by atoms with E-state index in [-0.39, 0.29) is 42.9 Å². The van der Waals surface area contributed by atoms with Crippen LogP contribution in [0.1, 0.15) is 58.9 Å². The molecule has 0 radical (unpaired) electrons. The number of esters is 1. The molecular formula is C24H21NO6. The lowest BCUT2D eigenvalue weighted by Gasteiger charge is -2.13. The van der Waals surface area contributed by atoms with Gasteiger partial charge in [0.2, 0.25) is 0 Å². The molecule has 2 heterocycles. The van der Waals surface area contributed by atoms with Crippen LogP contribution in [0.15, 0.2) is 57.7 Å². The average Bonchev–Trinajstić information content (AvgIpc) is 2.98. The topological polar surface area (TPSA) is 93.9 Å². The van der Waals surface area contributed by atoms with E-state index in [2.05, 4.69) is 0 Å². The summed E-state index contributed by atoms with van der Waals surface area (Å²) in [6, 6.07) is 13.1. The van der Waals surface area contributed by atoms with Gasteiger partial charge in [-0.25, -0.2) is 4.79 Å². The zero-order chi connectivity index (χ0) is 22.1. The maximum Gasteiger partial charge on any atom is 0.336 e. The summed E-state index contributed by atoms with van der Waals surface area (Å²) in [4.78, 5) is 49.9. The second-order valence-electron chi connectivity index (χ2n) is 7.72. The number of rotatable bonds is 6. The van der Waals surface area contributed by atoms with E-state index in [0.717, 1.165) is 15.8 Å². The summed E-state index contributed by atoms with van der Waals surface area (Å²) in [5, 5.41) is 0.792. The molecule has 7 nitrogen and oxygen atoms in total. The molecule has 0 unspecified atom stereocenters. The molecule has 3 aromatic rings. The Morgan fingerprint density at radius 3 is 2.32 bits per heavy atom. The van der Waals surface area contributed by atoms with Gasteiger partial charge in [0.05, 0.1) is 11.1 Å². The summed E-state index contributed by atoms with van der Waals surface area (Å²) in [5.74, 6) is -0.790. The average molecular weight is 419 g/mol. The van der Waals surface area contributed by atoms with E-state index in [4.69, 9.17) is 9.15 Å². The van der Waals surface area contributed by atoms with Gasteiger partial charge in [-0.3, -0.25) is 19.3 Å². The Labute approximate surface area is 178 Å². The molecule has 7 heteroatoms. The molecule has 0 N–H and O–H groups in total. The summed E-state index contributed by atoms with van der Waals surface area (Å²) < 4.78 is 10.6. The Balaban J connectivity index is 1.38. The summed E-state index contributed by atoms with van der Waals surface area (Å²) in [6.07, 6.45) is 0.311. The van der Waals surface area contributed by atoms with E-state index < -0.39 is 11.6 Å². The molecule has 0 spiro atoms. The van der Waals surface area contributed by atoms with Crippen LogP contribution >= 0.6 is 0 Å². The largest absolute Gasteiger partial charge is 0.426 e. The highest BCUT2D eigenvalue weighted by molar-refractivity contribution is 6.21. The van der Waals surface area contributed by atoms with Crippen LogP contribution in [0, 0.1) is 0 Å². The minimum Gasteiger partial charge on any atom is -0.426 e. The van der Waals surface area contributed by atoms with E-state index in [0.29, 0.717) is 16.7 Å². The maximum absolute atomic E-state index is 12.4. The Morgan fingerprint density at radius 2 is 1.68 bits per heavy atom. The van der Waals surface area contributed by atoms with Crippen LogP contribution in [0.5, 0.6) is 5.75 Å². The molecule has 1 aliphatic heterocycles. The molecule has 0 saturated heterocycles. The van der Waals surface area contributed by atoms with Gasteiger partial charge >= 0.3 is 11.6 Å². The van der Waals surface area contributed by atoms with Gasteiger partial charge in [-0.2, -0.15) is 0 Å². The number of ether oxygens (including phenoxy) is 1. The van der Waals surface area contributed by atoms with Crippen molar-refractivity contribution in [1.82, 2.24) is 4.90 Å². The molecule has 31 heavy (non-hydrogen) atoms. The lowest BCUT2D eigenvalue weighted by atomic mass is 10.00. The van der Waals surface area contributed by atoms with Crippen LogP contribution in [-0.4, -0.2) is 29.2 Å². The number of benzene rings is 2. The third-order valence-electron chi connectivity index (χ3n) is 5.24. The van der Waals surface area contributed by atoms with Crippen molar-refractivity contribution in [3.05, 3.63) is 75.6 Å². The van der Waals surface area contributed by atoms with Crippen LogP contribution in [0.25, 0.3) is 11.0 Å². The quantitative estimate of drug-likeness (QED) is 0.260. The van der Waals surface area contributed by atoms with E-state index >= 15 is 0 Å². The van der Waals surface area contributed by atoms with Crippen LogP contribution in [0.2, 0.25) is 0 Å². The van der Waals surface area contributed by atoms with Crippen LogP contribution < -0.4 is 10.4 Å². The number of hydrogen-bond donors (Lipinski definition) is 0. The first-order chi connectivity index (χ1) is 14.8. The SMILES string of the molecule is CC(C)c1cc(=O)oc2cc(OC(=O)CCCN3C(=O)c4ccccc4C3=O)ccc12. The van der Waals surface area contributed by atoms with Crippen LogP contribution in [0.4, 0.5) is 0 Å². The zero-order valence-electron chi connectivity index (χ0n) is 17.2. The highest BCUT2D eigenvalue weighted by Crippen LogP contribution is 2.27. The lowest BCUT2D eigenvalue weighted by molar-refractivity contribution is -0.134. The molecule has 0 aliphatic carbocycles. The van der Waals surface area contributed by atoms with Crippen molar-refractivity contribution in [3.8, 4) is 5.75 Å². The third-order valence-corrected chi connectivity index (χ3v) is 5.24. The van der Waals surface area contributed by atoms with E-state index in [9.17, 15) is 19.2 Å². The molecule has 0 saturated carbocycles. The number of fused-ring (bicyclic) bond motifs is 2. The maximum atomic E-state index is 12.4. The molecule has 1 aromatic heterocycles. The fourth-order valence-electron chi connectivity index (χ4n) is 3.72. The van der Waals surface area contributed by atoms with Crippen molar-refractivity contribution in [2.75, 3.05) is 6.54 Å². The highest BCUT2D eigenvalue weighted by Gasteiger charge is 2.34. The minimum atomic E-state index is -0.502. The normalized spacial score (nSPS) is 13.2. The second-order valence-corrected chi connectivity index (χ2v) is 7.72. The fraction of sp³-hybridized carbons (Fsp3) is 0.250. The lowest BCUT2D eigenvalue weighted by Crippen LogP contribution is -2.31. The Morgan fingerprint density at radius 1 is 1.00 bits per heavy atom. The van der Waals surface area contributed by atoms with Crippen molar-refractivity contribution in [2.45, 2.75) is 32.6 Å². The van der Waals surface area contributed by atoms with E-state index in [1.807, 2.05) is 13.8 Å². The van der Waals surface area contributed by atoms with E-state index in [1.54, 1.807) is 36.4 Å². The Kier molecular flexibility index (Phi) is 5.42. The van der Waals surface area contributed by atoms with Gasteiger partial charge in [-0.05, 0) is 42.2 Å². The molecular weight excluding hydrogens is 398 g/mol. The summed E-state index contributed by atoms with van der Waals surface area (Å²) in [7, 11) is 0. The van der Waals surface area contributed by atoms with Gasteiger partial charge in [0.25, 0.3) is 11.8 Å². The minimum absolute atomic E-state index is 0.0292. The molecule has 2 aromatic carbocycles. The predicted molar refractivity (Wildman–Crippen MR) is 113 cm³/mol. The third kappa shape index (κ3) is 3.99. The first-order valence-corrected chi connectivity index (χ1v) is 10.1. The van der Waals surface area contributed by atoms with Crippen molar-refractivity contribution in [1.29, 1.82) is 0 Å². The van der Waals surface area contributed by atoms with Gasteiger partial charge in [-0.1, -0.05) is 26.0 Å². The van der Waals surface area contributed by atoms with Crippen molar-refractivity contribution < 1.29 is 23.5 Å². The van der Waals surface area contributed by atoms with E-state index in [1.165, 1.54) is 12.1 Å². The zero-order valence-corrected chi connectivity index (χ0v) is 17.2. The number of nitrogens with zero attached hydrogens (tertiary/aromatic N) is 1. The predicted octanol–water partition coefficient (Wildman–Crippen LogP) is 3.90. The van der Waals surface area contributed by atoms with Gasteiger partial charge in [0.1, 0.15) is 11.3 Å². The van der Waals surface area contributed by atoms with Crippen LogP contribution in [0.3, 0.4) is 0 Å². The molecule has 158 valence electrons. The second kappa shape index (κ2) is 8.18. The molecule has 0 bridgehead atoms. The fourth-order valence-corrected chi connectivity index (χ4v) is 3.72. The number of carbonyl (C=O) groups excluding carboxylic acids is 3. The number of carbonyl (C=O) groups is 3. The number of amides is 2. The number of hydrogen-bond acceptors (Lipinski definition) is 6. The van der Waals surface area contributed by atoms with Gasteiger partial charge < -0.3 is 9.15 Å². The Hall–Kier alpha value is -3.74. The number of imide groups is 1. The summed E-state index contributed by atoms with van der Waals surface area (Å²) in [6.45, 7) is 4.10. The first kappa shape index (κ1) is 20.5. The summed E-state index contributed by atoms with van der Waals surface area (Å²) in [5.41, 5.74) is 1.53. The molecule has 4 rings (SSSR count). The molecule has 1 aliphatic rings. The smallest absolute Gasteiger partial charge is 0.336 e. The van der Waals surface area contributed by atoms with Gasteiger partial charge in [-0.15, -0.1) is 0 Å². The standard InChI is InChI=1S/C24H21NO6/c1-14(2)19-13-22(27)31-20-12-15(9-10-16(19)20)30-21(26)8-5-11-25-23(28)17-6-3-4-7-18(17)24(25)29/h3-4,6-7,9-10,12-14H,5,8,11H2,1-2H3. The Bertz CT molecular complexity index is 1220. The summed E-state index contributed by atoms with van der Waals surface area (Å²) >= 11 is 0. The van der Waals surface area contributed by atoms with Crippen LogP contribution in [-0.2, 0) is 4.79 Å². The molecule has 0 atom stereocenters.